The Balaban J connectivity index is 1.85. The minimum Gasteiger partial charge on any atom is -0.377 e. The lowest BCUT2D eigenvalue weighted by Crippen LogP contribution is -2.39. The van der Waals surface area contributed by atoms with Gasteiger partial charge in [-0.2, -0.15) is 0 Å². The van der Waals surface area contributed by atoms with E-state index in [9.17, 15) is 0 Å². The van der Waals surface area contributed by atoms with Gasteiger partial charge in [0.2, 0.25) is 0 Å². The van der Waals surface area contributed by atoms with Crippen molar-refractivity contribution in [1.29, 1.82) is 0 Å². The molecule has 2 atom stereocenters. The molecule has 2 aliphatic rings. The SMILES string of the molecule is C/C=C/CN1CC2COC(C2)C1. The topological polar surface area (TPSA) is 12.5 Å². The summed E-state index contributed by atoms with van der Waals surface area (Å²) < 4.78 is 5.62. The summed E-state index contributed by atoms with van der Waals surface area (Å²) in [6.07, 6.45) is 6.18. The number of nitrogens with zero attached hydrogens (tertiary/aromatic N) is 1. The van der Waals surface area contributed by atoms with Crippen LogP contribution in [0.2, 0.25) is 0 Å². The Bertz CT molecular complexity index is 167. The van der Waals surface area contributed by atoms with Gasteiger partial charge < -0.3 is 4.74 Å². The van der Waals surface area contributed by atoms with Crippen LogP contribution in [-0.4, -0.2) is 37.2 Å². The van der Waals surface area contributed by atoms with E-state index in [1.54, 1.807) is 0 Å². The van der Waals surface area contributed by atoms with Crippen LogP contribution < -0.4 is 0 Å². The smallest absolute Gasteiger partial charge is 0.0706 e. The van der Waals surface area contributed by atoms with Crippen LogP contribution in [0.25, 0.3) is 0 Å². The number of allylic oxidation sites excluding steroid dienone is 1. The van der Waals surface area contributed by atoms with E-state index in [0.29, 0.717) is 6.10 Å². The molecule has 2 aliphatic heterocycles. The van der Waals surface area contributed by atoms with Crippen LogP contribution in [0.1, 0.15) is 13.3 Å². The van der Waals surface area contributed by atoms with Crippen LogP contribution in [-0.2, 0) is 4.74 Å². The normalized spacial score (nSPS) is 36.4. The zero-order valence-corrected chi connectivity index (χ0v) is 7.70. The molecule has 2 fully saturated rings. The molecular weight excluding hydrogens is 150 g/mol. The van der Waals surface area contributed by atoms with E-state index in [0.717, 1.165) is 25.6 Å². The number of hydrogen-bond donors (Lipinski definition) is 0. The van der Waals surface area contributed by atoms with Crippen LogP contribution >= 0.6 is 0 Å². The molecule has 2 saturated heterocycles. The molecule has 0 aromatic carbocycles. The van der Waals surface area contributed by atoms with E-state index in [2.05, 4.69) is 24.0 Å². The van der Waals surface area contributed by atoms with Crippen molar-refractivity contribution in [2.24, 2.45) is 5.92 Å². The van der Waals surface area contributed by atoms with Gasteiger partial charge in [-0.3, -0.25) is 4.90 Å². The summed E-state index contributed by atoms with van der Waals surface area (Å²) in [6.45, 7) is 6.56. The summed E-state index contributed by atoms with van der Waals surface area (Å²) in [5, 5.41) is 0. The quantitative estimate of drug-likeness (QED) is 0.574. The first-order valence-corrected chi connectivity index (χ1v) is 4.83. The number of fused-ring (bicyclic) bond motifs is 2. The Labute approximate surface area is 74.2 Å². The van der Waals surface area contributed by atoms with Crippen molar-refractivity contribution < 1.29 is 4.74 Å². The van der Waals surface area contributed by atoms with E-state index in [-0.39, 0.29) is 0 Å². The Morgan fingerprint density at radius 3 is 3.17 bits per heavy atom. The van der Waals surface area contributed by atoms with Crippen LogP contribution in [0.5, 0.6) is 0 Å². The summed E-state index contributed by atoms with van der Waals surface area (Å²) in [5.74, 6) is 0.814. The fraction of sp³-hybridized carbons (Fsp3) is 0.800. The van der Waals surface area contributed by atoms with E-state index in [1.807, 2.05) is 0 Å². The Hall–Kier alpha value is -0.340. The second-order valence-electron chi connectivity index (χ2n) is 3.84. The van der Waals surface area contributed by atoms with Gasteiger partial charge in [-0.25, -0.2) is 0 Å². The van der Waals surface area contributed by atoms with Gasteiger partial charge in [0.1, 0.15) is 0 Å². The highest BCUT2D eigenvalue weighted by Gasteiger charge is 2.32. The zero-order valence-electron chi connectivity index (χ0n) is 7.70. The van der Waals surface area contributed by atoms with Gasteiger partial charge in [-0.05, 0) is 19.3 Å². The monoisotopic (exact) mass is 167 g/mol. The predicted molar refractivity (Wildman–Crippen MR) is 49.1 cm³/mol. The summed E-state index contributed by atoms with van der Waals surface area (Å²) in [6, 6.07) is 0. The minimum absolute atomic E-state index is 0.536. The van der Waals surface area contributed by atoms with Gasteiger partial charge in [-0.1, -0.05) is 12.2 Å². The third-order valence-electron chi connectivity index (χ3n) is 2.74. The van der Waals surface area contributed by atoms with Gasteiger partial charge in [0.05, 0.1) is 12.7 Å². The second kappa shape index (κ2) is 3.58. The van der Waals surface area contributed by atoms with Crippen molar-refractivity contribution >= 4 is 0 Å². The van der Waals surface area contributed by atoms with E-state index in [4.69, 9.17) is 4.74 Å². The van der Waals surface area contributed by atoms with Gasteiger partial charge in [0.25, 0.3) is 0 Å². The maximum absolute atomic E-state index is 5.62. The molecule has 2 heterocycles. The first-order chi connectivity index (χ1) is 5.88. The van der Waals surface area contributed by atoms with Crippen molar-refractivity contribution in [2.75, 3.05) is 26.2 Å². The average molecular weight is 167 g/mol. The summed E-state index contributed by atoms with van der Waals surface area (Å²) in [7, 11) is 0. The van der Waals surface area contributed by atoms with Crippen LogP contribution in [0.15, 0.2) is 12.2 Å². The molecule has 2 bridgehead atoms. The van der Waals surface area contributed by atoms with Gasteiger partial charge in [0.15, 0.2) is 0 Å². The number of piperidine rings is 1. The molecule has 0 aliphatic carbocycles. The van der Waals surface area contributed by atoms with E-state index >= 15 is 0 Å². The number of hydrogen-bond acceptors (Lipinski definition) is 2. The Morgan fingerprint density at radius 1 is 1.50 bits per heavy atom. The number of ether oxygens (including phenoxy) is 1. The molecular formula is C10H17NO. The molecule has 0 aromatic rings. The standard InChI is InChI=1S/C10H17NO/c1-2-3-4-11-6-9-5-10(7-11)12-8-9/h2-3,9-10H,4-8H2,1H3/b3-2+. The third-order valence-corrected chi connectivity index (χ3v) is 2.74. The van der Waals surface area contributed by atoms with E-state index in [1.165, 1.54) is 13.0 Å². The maximum Gasteiger partial charge on any atom is 0.0706 e. The molecule has 0 N–H and O–H groups in total. The fourth-order valence-electron chi connectivity index (χ4n) is 2.17. The Morgan fingerprint density at radius 2 is 2.42 bits per heavy atom. The first kappa shape index (κ1) is 8.27. The molecule has 12 heavy (non-hydrogen) atoms. The van der Waals surface area contributed by atoms with Gasteiger partial charge in [-0.15, -0.1) is 0 Å². The number of likely N-dealkylation sites (tertiary alicyclic amines) is 1. The van der Waals surface area contributed by atoms with Crippen molar-refractivity contribution in [1.82, 2.24) is 4.90 Å². The van der Waals surface area contributed by atoms with E-state index < -0.39 is 0 Å². The predicted octanol–water partition coefficient (Wildman–Crippen LogP) is 1.28. The maximum atomic E-state index is 5.62. The largest absolute Gasteiger partial charge is 0.377 e. The molecule has 2 heteroatoms. The molecule has 0 spiro atoms. The summed E-state index contributed by atoms with van der Waals surface area (Å²) in [4.78, 5) is 2.49. The highest BCUT2D eigenvalue weighted by atomic mass is 16.5. The Kier molecular flexibility index (Phi) is 2.47. The van der Waals surface area contributed by atoms with Crippen LogP contribution in [0.4, 0.5) is 0 Å². The van der Waals surface area contributed by atoms with Crippen LogP contribution in [0, 0.1) is 5.92 Å². The van der Waals surface area contributed by atoms with Gasteiger partial charge in [0, 0.05) is 19.6 Å². The molecule has 0 saturated carbocycles. The van der Waals surface area contributed by atoms with Crippen molar-refractivity contribution in [2.45, 2.75) is 19.4 Å². The van der Waals surface area contributed by atoms with Crippen molar-refractivity contribution in [3.63, 3.8) is 0 Å². The molecule has 68 valence electrons. The molecule has 2 rings (SSSR count). The highest BCUT2D eigenvalue weighted by Crippen LogP contribution is 2.26. The lowest BCUT2D eigenvalue weighted by atomic mass is 10.0. The zero-order chi connectivity index (χ0) is 8.39. The fourth-order valence-corrected chi connectivity index (χ4v) is 2.17. The minimum atomic E-state index is 0.536. The average Bonchev–Trinajstić information content (AvgIpc) is 2.42. The van der Waals surface area contributed by atoms with Crippen molar-refractivity contribution in [3.8, 4) is 0 Å². The molecule has 0 amide bonds. The lowest BCUT2D eigenvalue weighted by molar-refractivity contribution is 0.0883. The van der Waals surface area contributed by atoms with Gasteiger partial charge >= 0.3 is 0 Å². The molecule has 0 aromatic heterocycles. The second-order valence-corrected chi connectivity index (χ2v) is 3.84. The molecule has 2 nitrogen and oxygen atoms in total. The van der Waals surface area contributed by atoms with Crippen molar-refractivity contribution in [3.05, 3.63) is 12.2 Å². The summed E-state index contributed by atoms with van der Waals surface area (Å²) in [5.41, 5.74) is 0. The lowest BCUT2D eigenvalue weighted by Gasteiger charge is -2.28. The molecule has 2 unspecified atom stereocenters. The first-order valence-electron chi connectivity index (χ1n) is 4.83. The molecule has 0 radical (unpaired) electrons. The highest BCUT2D eigenvalue weighted by molar-refractivity contribution is 4.89. The summed E-state index contributed by atoms with van der Waals surface area (Å²) >= 11 is 0. The third kappa shape index (κ3) is 1.70. The number of rotatable bonds is 2. The van der Waals surface area contributed by atoms with Crippen LogP contribution in [0.3, 0.4) is 0 Å².